The number of anilines is 1. The second kappa shape index (κ2) is 9.20. The molecule has 10 heteroatoms. The van der Waals surface area contributed by atoms with E-state index in [0.29, 0.717) is 24.4 Å². The molecule has 0 saturated carbocycles. The maximum absolute atomic E-state index is 12.8. The molecule has 150 valence electrons. The lowest BCUT2D eigenvalue weighted by atomic mass is 9.99. The first kappa shape index (κ1) is 20.3. The van der Waals surface area contributed by atoms with Gasteiger partial charge in [-0.05, 0) is 24.3 Å². The number of hydrogen-bond donors (Lipinski definition) is 2. The minimum atomic E-state index is -0.643. The average molecular weight is 415 g/mol. The average Bonchev–Trinajstić information content (AvgIpc) is 3.18. The molecule has 1 heterocycles. The Morgan fingerprint density at radius 1 is 1.21 bits per heavy atom. The molecule has 2 N–H and O–H groups in total. The van der Waals surface area contributed by atoms with Crippen molar-refractivity contribution in [1.82, 2.24) is 10.5 Å². The zero-order valence-electron chi connectivity index (χ0n) is 15.4. The Morgan fingerprint density at radius 2 is 1.97 bits per heavy atom. The molecule has 9 nitrogen and oxygen atoms in total. The molecule has 2 amide bonds. The summed E-state index contributed by atoms with van der Waals surface area (Å²) in [5, 5.41) is 8.78. The number of alkyl carbamates (subject to hydrolysis) is 1. The zero-order chi connectivity index (χ0) is 20.8. The largest absolute Gasteiger partial charge is 0.453 e. The van der Waals surface area contributed by atoms with Gasteiger partial charge in [0, 0.05) is 18.3 Å². The molecule has 1 aliphatic carbocycles. The van der Waals surface area contributed by atoms with Gasteiger partial charge >= 0.3 is 6.09 Å². The molecular formula is C19H17N3O6S. The van der Waals surface area contributed by atoms with Gasteiger partial charge in [0.15, 0.2) is 5.69 Å². The first-order valence-corrected chi connectivity index (χ1v) is 9.61. The van der Waals surface area contributed by atoms with Gasteiger partial charge in [0.2, 0.25) is 17.3 Å². The van der Waals surface area contributed by atoms with E-state index in [0.717, 1.165) is 11.8 Å². The monoisotopic (exact) mass is 415 g/mol. The third-order valence-corrected chi connectivity index (χ3v) is 5.02. The molecule has 0 unspecified atom stereocenters. The fraction of sp³-hybridized carbons (Fsp3) is 0.211. The van der Waals surface area contributed by atoms with Crippen LogP contribution in [0.5, 0.6) is 0 Å². The number of para-hydroxylation sites is 1. The number of benzene rings is 1. The van der Waals surface area contributed by atoms with Crippen molar-refractivity contribution in [3.63, 3.8) is 0 Å². The number of aromatic nitrogens is 1. The van der Waals surface area contributed by atoms with Crippen molar-refractivity contribution in [3.8, 4) is 0 Å². The molecule has 1 aliphatic rings. The van der Waals surface area contributed by atoms with E-state index in [1.54, 1.807) is 30.3 Å². The lowest BCUT2D eigenvalue weighted by Crippen LogP contribution is -2.24. The van der Waals surface area contributed by atoms with Crippen LogP contribution in [0.15, 0.2) is 45.8 Å². The van der Waals surface area contributed by atoms with Crippen LogP contribution in [0.3, 0.4) is 0 Å². The second-order valence-corrected chi connectivity index (χ2v) is 7.01. The summed E-state index contributed by atoms with van der Waals surface area (Å²) in [4.78, 5) is 48.8. The minimum absolute atomic E-state index is 0.138. The smallest absolute Gasteiger partial charge is 0.406 e. The Hall–Kier alpha value is -3.40. The van der Waals surface area contributed by atoms with E-state index in [1.165, 1.54) is 13.2 Å². The summed E-state index contributed by atoms with van der Waals surface area (Å²) >= 11 is 1.16. The second-order valence-electron chi connectivity index (χ2n) is 5.88. The van der Waals surface area contributed by atoms with Gasteiger partial charge in [0.1, 0.15) is 5.56 Å². The predicted octanol–water partition coefficient (Wildman–Crippen LogP) is 2.67. The number of ether oxygens (including phenoxy) is 1. The zero-order valence-corrected chi connectivity index (χ0v) is 16.2. The number of Topliss-reactive ketones (excluding diaryl/α,β-unsaturated/α-hetero) is 1. The maximum Gasteiger partial charge on any atom is 0.406 e. The normalized spacial score (nSPS) is 12.8. The molecule has 0 spiro atoms. The highest BCUT2D eigenvalue weighted by Gasteiger charge is 2.36. The van der Waals surface area contributed by atoms with E-state index in [-0.39, 0.29) is 21.9 Å². The van der Waals surface area contributed by atoms with Crippen LogP contribution >= 0.6 is 11.8 Å². The van der Waals surface area contributed by atoms with Crippen molar-refractivity contribution in [2.75, 3.05) is 24.7 Å². The minimum Gasteiger partial charge on any atom is -0.453 e. The van der Waals surface area contributed by atoms with Crippen LogP contribution < -0.4 is 10.6 Å². The third-order valence-electron chi connectivity index (χ3n) is 3.91. The number of carbonyl (C=O) groups excluding carboxylic acids is 4. The van der Waals surface area contributed by atoms with E-state index in [4.69, 9.17) is 4.52 Å². The summed E-state index contributed by atoms with van der Waals surface area (Å²) in [5.41, 5.74) is 0.147. The quantitative estimate of drug-likeness (QED) is 0.661. The number of amides is 2. The summed E-state index contributed by atoms with van der Waals surface area (Å²) in [5.74, 6) is -1.44. The molecule has 1 aromatic heterocycles. The predicted molar refractivity (Wildman–Crippen MR) is 105 cm³/mol. The summed E-state index contributed by atoms with van der Waals surface area (Å²) in [6.07, 6.45) is 1.19. The molecule has 1 aromatic carbocycles. The summed E-state index contributed by atoms with van der Waals surface area (Å²) in [6, 6.07) is 8.65. The number of hydrogen-bond acceptors (Lipinski definition) is 8. The topological polar surface area (TPSA) is 128 Å². The summed E-state index contributed by atoms with van der Waals surface area (Å²) < 4.78 is 9.43. The Bertz CT molecular complexity index is 983. The number of rotatable bonds is 7. The van der Waals surface area contributed by atoms with Gasteiger partial charge < -0.3 is 19.9 Å². The standard InChI is InChI=1S/C19H17N3O6S/c1-27-19(26)20-8-5-9-29-13-10-12(23)17-14(16(13)24)15(22-28-17)18(25)21-11-6-3-2-4-7-11/h2-4,6-7,10H,5,8-9H2,1H3,(H,20,26)(H,21,25). The van der Waals surface area contributed by atoms with Crippen LogP contribution in [0.2, 0.25) is 0 Å². The van der Waals surface area contributed by atoms with Gasteiger partial charge in [-0.25, -0.2) is 4.79 Å². The molecule has 0 aliphatic heterocycles. The number of nitrogens with zero attached hydrogens (tertiary/aromatic N) is 1. The number of carbonyl (C=O) groups is 4. The van der Waals surface area contributed by atoms with E-state index >= 15 is 0 Å². The number of ketones is 2. The van der Waals surface area contributed by atoms with Crippen molar-refractivity contribution in [3.05, 3.63) is 58.3 Å². The van der Waals surface area contributed by atoms with Crippen LogP contribution in [0.4, 0.5) is 10.5 Å². The summed E-state index contributed by atoms with van der Waals surface area (Å²) in [6.45, 7) is 0.359. The van der Waals surface area contributed by atoms with E-state index < -0.39 is 23.6 Å². The number of thioether (sulfide) groups is 1. The molecule has 3 rings (SSSR count). The third kappa shape index (κ3) is 4.72. The van der Waals surface area contributed by atoms with Gasteiger partial charge in [-0.3, -0.25) is 14.4 Å². The van der Waals surface area contributed by atoms with Gasteiger partial charge in [-0.15, -0.1) is 11.8 Å². The number of fused-ring (bicyclic) bond motifs is 1. The van der Waals surface area contributed by atoms with Crippen LogP contribution in [-0.4, -0.2) is 48.1 Å². The molecular weight excluding hydrogens is 398 g/mol. The number of nitrogens with one attached hydrogen (secondary N) is 2. The van der Waals surface area contributed by atoms with Crippen LogP contribution in [0, 0.1) is 0 Å². The van der Waals surface area contributed by atoms with Crippen molar-refractivity contribution in [2.45, 2.75) is 6.42 Å². The van der Waals surface area contributed by atoms with Gasteiger partial charge in [-0.2, -0.15) is 0 Å². The van der Waals surface area contributed by atoms with Crippen LogP contribution in [-0.2, 0) is 4.74 Å². The first-order chi connectivity index (χ1) is 14.0. The van der Waals surface area contributed by atoms with E-state index in [9.17, 15) is 19.2 Å². The molecule has 29 heavy (non-hydrogen) atoms. The summed E-state index contributed by atoms with van der Waals surface area (Å²) in [7, 11) is 1.27. The highest BCUT2D eigenvalue weighted by Crippen LogP contribution is 2.31. The Kier molecular flexibility index (Phi) is 6.45. The van der Waals surface area contributed by atoms with Crippen LogP contribution in [0.25, 0.3) is 0 Å². The molecule has 0 saturated heterocycles. The van der Waals surface area contributed by atoms with Crippen molar-refractivity contribution < 1.29 is 28.4 Å². The molecule has 2 aromatic rings. The lowest BCUT2D eigenvalue weighted by molar-refractivity contribution is 0.0967. The van der Waals surface area contributed by atoms with Gasteiger partial charge in [0.25, 0.3) is 5.91 Å². The number of methoxy groups -OCH3 is 1. The van der Waals surface area contributed by atoms with Gasteiger partial charge in [-0.1, -0.05) is 23.4 Å². The SMILES string of the molecule is COC(=O)NCCCSC1=CC(=O)c2onc(C(=O)Nc3ccccc3)c2C1=O. The molecule has 0 radical (unpaired) electrons. The lowest BCUT2D eigenvalue weighted by Gasteiger charge is -2.11. The van der Waals surface area contributed by atoms with Crippen molar-refractivity contribution >= 4 is 41.0 Å². The van der Waals surface area contributed by atoms with Gasteiger partial charge in [0.05, 0.1) is 12.0 Å². The first-order valence-electron chi connectivity index (χ1n) is 8.62. The fourth-order valence-corrected chi connectivity index (χ4v) is 3.47. The Balaban J connectivity index is 1.68. The van der Waals surface area contributed by atoms with E-state index in [2.05, 4.69) is 20.5 Å². The molecule has 0 bridgehead atoms. The van der Waals surface area contributed by atoms with Crippen LogP contribution in [0.1, 0.15) is 37.8 Å². The Morgan fingerprint density at radius 3 is 2.69 bits per heavy atom. The Labute approximate surface area is 169 Å². The fourth-order valence-electron chi connectivity index (χ4n) is 2.53. The molecule has 0 atom stereocenters. The highest BCUT2D eigenvalue weighted by molar-refractivity contribution is 8.04. The number of allylic oxidation sites excluding steroid dienone is 2. The maximum atomic E-state index is 12.8. The van der Waals surface area contributed by atoms with Crippen molar-refractivity contribution in [2.24, 2.45) is 0 Å². The molecule has 0 fully saturated rings. The van der Waals surface area contributed by atoms with E-state index in [1.807, 2.05) is 0 Å². The van der Waals surface area contributed by atoms with Crippen molar-refractivity contribution in [1.29, 1.82) is 0 Å². The highest BCUT2D eigenvalue weighted by atomic mass is 32.2.